The molecule has 0 radical (unpaired) electrons. The Kier molecular flexibility index (Phi) is 2.32. The van der Waals surface area contributed by atoms with E-state index in [2.05, 4.69) is 30.6 Å². The summed E-state index contributed by atoms with van der Waals surface area (Å²) in [5.74, 6) is 0.600. The molecule has 88 valence electrons. The summed E-state index contributed by atoms with van der Waals surface area (Å²) in [4.78, 5) is 26.1. The van der Waals surface area contributed by atoms with E-state index in [1.807, 2.05) is 0 Å². The van der Waals surface area contributed by atoms with Crippen LogP contribution in [0.3, 0.4) is 0 Å². The lowest BCUT2D eigenvalue weighted by atomic mass is 10.2. The number of halogens is 1. The van der Waals surface area contributed by atoms with Crippen molar-refractivity contribution in [2.24, 2.45) is 0 Å². The van der Waals surface area contributed by atoms with Crippen molar-refractivity contribution in [3.8, 4) is 0 Å². The fourth-order valence-corrected chi connectivity index (χ4v) is 1.98. The number of aromatic nitrogens is 4. The van der Waals surface area contributed by atoms with Gasteiger partial charge in [0.05, 0.1) is 12.4 Å². The number of nitrogens with one attached hydrogen (secondary N) is 3. The van der Waals surface area contributed by atoms with Crippen molar-refractivity contribution < 1.29 is 4.79 Å². The molecule has 2 aromatic rings. The Hall–Kier alpha value is -1.89. The number of carbonyl (C=O) groups excluding carboxylic acids is 1. The van der Waals surface area contributed by atoms with E-state index in [9.17, 15) is 4.79 Å². The van der Waals surface area contributed by atoms with E-state index >= 15 is 0 Å². The molecule has 0 aromatic carbocycles. The molecular formula is C9H9ClN6O. The summed E-state index contributed by atoms with van der Waals surface area (Å²) < 4.78 is 0. The molecule has 2 aromatic heterocycles. The van der Waals surface area contributed by atoms with Crippen LogP contribution in [0.15, 0.2) is 6.33 Å². The minimum atomic E-state index is 0.0139. The average molecular weight is 253 g/mol. The van der Waals surface area contributed by atoms with Gasteiger partial charge in [0.25, 0.3) is 0 Å². The SMILES string of the molecule is O=C1CC(Nc2nc(Cl)nc3nc[nH]c23)CN1. The van der Waals surface area contributed by atoms with E-state index in [-0.39, 0.29) is 17.2 Å². The number of hydrogen-bond acceptors (Lipinski definition) is 5. The Bertz CT molecular complexity index is 582. The lowest BCUT2D eigenvalue weighted by Crippen LogP contribution is -2.23. The number of fused-ring (bicyclic) bond motifs is 1. The third kappa shape index (κ3) is 1.89. The van der Waals surface area contributed by atoms with Gasteiger partial charge in [-0.3, -0.25) is 4.79 Å². The Morgan fingerprint density at radius 1 is 1.47 bits per heavy atom. The molecule has 0 bridgehead atoms. The lowest BCUT2D eigenvalue weighted by Gasteiger charge is -2.11. The summed E-state index contributed by atoms with van der Waals surface area (Å²) in [6, 6.07) is 0.0139. The minimum Gasteiger partial charge on any atom is -0.363 e. The molecule has 7 nitrogen and oxygen atoms in total. The number of imidazole rings is 1. The third-order valence-corrected chi connectivity index (χ3v) is 2.75. The first kappa shape index (κ1) is 10.3. The van der Waals surface area contributed by atoms with Crippen molar-refractivity contribution in [2.75, 3.05) is 11.9 Å². The predicted molar refractivity (Wildman–Crippen MR) is 61.7 cm³/mol. The highest BCUT2D eigenvalue weighted by atomic mass is 35.5. The highest BCUT2D eigenvalue weighted by molar-refractivity contribution is 6.28. The zero-order valence-electron chi connectivity index (χ0n) is 8.70. The summed E-state index contributed by atoms with van der Waals surface area (Å²) in [7, 11) is 0. The number of aromatic amines is 1. The molecule has 0 aliphatic carbocycles. The summed E-state index contributed by atoms with van der Waals surface area (Å²) in [5, 5.41) is 6.02. The second-order valence-corrected chi connectivity index (χ2v) is 4.13. The molecule has 0 saturated carbocycles. The monoisotopic (exact) mass is 252 g/mol. The number of carbonyl (C=O) groups is 1. The predicted octanol–water partition coefficient (Wildman–Crippen LogP) is 0.307. The molecule has 3 N–H and O–H groups in total. The standard InChI is InChI=1S/C9H9ClN6O/c10-9-15-7-6(12-3-13-7)8(16-9)14-4-1-5(17)11-2-4/h3-4H,1-2H2,(H,11,17)(H2,12,13,14,15,16). The van der Waals surface area contributed by atoms with Crippen LogP contribution in [0.2, 0.25) is 5.28 Å². The Morgan fingerprint density at radius 3 is 3.12 bits per heavy atom. The largest absolute Gasteiger partial charge is 0.363 e. The first-order valence-corrected chi connectivity index (χ1v) is 5.50. The van der Waals surface area contributed by atoms with E-state index in [1.165, 1.54) is 6.33 Å². The van der Waals surface area contributed by atoms with Gasteiger partial charge in [0.15, 0.2) is 11.5 Å². The molecule has 1 atom stereocenters. The molecule has 1 aliphatic heterocycles. The van der Waals surface area contributed by atoms with Gasteiger partial charge in [-0.15, -0.1) is 0 Å². The van der Waals surface area contributed by atoms with E-state index < -0.39 is 0 Å². The number of hydrogen-bond donors (Lipinski definition) is 3. The van der Waals surface area contributed by atoms with E-state index in [0.29, 0.717) is 29.9 Å². The molecule has 1 unspecified atom stereocenters. The van der Waals surface area contributed by atoms with Crippen LogP contribution in [0.1, 0.15) is 6.42 Å². The molecule has 1 amide bonds. The van der Waals surface area contributed by atoms with Gasteiger partial charge in [-0.1, -0.05) is 0 Å². The maximum Gasteiger partial charge on any atom is 0.226 e. The fraction of sp³-hybridized carbons (Fsp3) is 0.333. The number of anilines is 1. The third-order valence-electron chi connectivity index (χ3n) is 2.58. The normalized spacial score (nSPS) is 19.6. The zero-order chi connectivity index (χ0) is 11.8. The average Bonchev–Trinajstić information content (AvgIpc) is 2.87. The molecule has 1 fully saturated rings. The topological polar surface area (TPSA) is 95.6 Å². The first-order valence-electron chi connectivity index (χ1n) is 5.12. The molecule has 3 rings (SSSR count). The zero-order valence-corrected chi connectivity index (χ0v) is 9.45. The van der Waals surface area contributed by atoms with E-state index in [4.69, 9.17) is 11.6 Å². The van der Waals surface area contributed by atoms with Crippen LogP contribution in [0.25, 0.3) is 11.2 Å². The number of H-pyrrole nitrogens is 1. The summed E-state index contributed by atoms with van der Waals surface area (Å²) >= 11 is 5.80. The van der Waals surface area contributed by atoms with Crippen LogP contribution in [-0.2, 0) is 4.79 Å². The maximum atomic E-state index is 11.1. The molecule has 3 heterocycles. The van der Waals surface area contributed by atoms with Crippen LogP contribution in [-0.4, -0.2) is 38.4 Å². The lowest BCUT2D eigenvalue weighted by molar-refractivity contribution is -0.119. The number of amides is 1. The van der Waals surface area contributed by atoms with Gasteiger partial charge in [0.2, 0.25) is 11.2 Å². The van der Waals surface area contributed by atoms with Crippen molar-refractivity contribution >= 4 is 34.5 Å². The molecule has 1 saturated heterocycles. The van der Waals surface area contributed by atoms with E-state index in [1.54, 1.807) is 0 Å². The van der Waals surface area contributed by atoms with Gasteiger partial charge in [-0.05, 0) is 11.6 Å². The smallest absolute Gasteiger partial charge is 0.226 e. The van der Waals surface area contributed by atoms with Crippen LogP contribution in [0.5, 0.6) is 0 Å². The Balaban J connectivity index is 1.93. The van der Waals surface area contributed by atoms with Gasteiger partial charge < -0.3 is 15.6 Å². The second-order valence-electron chi connectivity index (χ2n) is 3.79. The van der Waals surface area contributed by atoms with Gasteiger partial charge >= 0.3 is 0 Å². The summed E-state index contributed by atoms with van der Waals surface area (Å²) in [6.45, 7) is 0.579. The van der Waals surface area contributed by atoms with Crippen molar-refractivity contribution in [3.05, 3.63) is 11.6 Å². The van der Waals surface area contributed by atoms with Crippen LogP contribution in [0, 0.1) is 0 Å². The van der Waals surface area contributed by atoms with Crippen molar-refractivity contribution in [3.63, 3.8) is 0 Å². The highest BCUT2D eigenvalue weighted by Crippen LogP contribution is 2.20. The van der Waals surface area contributed by atoms with Crippen LogP contribution in [0.4, 0.5) is 5.82 Å². The van der Waals surface area contributed by atoms with Gasteiger partial charge in [0.1, 0.15) is 5.52 Å². The number of rotatable bonds is 2. The molecule has 0 spiro atoms. The Labute approximate surface area is 101 Å². The second kappa shape index (κ2) is 3.85. The quantitative estimate of drug-likeness (QED) is 0.669. The summed E-state index contributed by atoms with van der Waals surface area (Å²) in [5.41, 5.74) is 1.19. The van der Waals surface area contributed by atoms with Crippen LogP contribution < -0.4 is 10.6 Å². The fourth-order valence-electron chi connectivity index (χ4n) is 1.81. The highest BCUT2D eigenvalue weighted by Gasteiger charge is 2.22. The van der Waals surface area contributed by atoms with E-state index in [0.717, 1.165) is 0 Å². The first-order chi connectivity index (χ1) is 8.22. The molecule has 17 heavy (non-hydrogen) atoms. The molecular weight excluding hydrogens is 244 g/mol. The van der Waals surface area contributed by atoms with Crippen LogP contribution >= 0.6 is 11.6 Å². The molecule has 1 aliphatic rings. The van der Waals surface area contributed by atoms with Gasteiger partial charge in [-0.25, -0.2) is 4.98 Å². The Morgan fingerprint density at radius 2 is 2.35 bits per heavy atom. The maximum absolute atomic E-state index is 11.1. The van der Waals surface area contributed by atoms with Crippen molar-refractivity contribution in [1.29, 1.82) is 0 Å². The van der Waals surface area contributed by atoms with Gasteiger partial charge in [-0.2, -0.15) is 9.97 Å². The van der Waals surface area contributed by atoms with Crippen molar-refractivity contribution in [2.45, 2.75) is 12.5 Å². The molecule has 8 heteroatoms. The number of nitrogens with zero attached hydrogens (tertiary/aromatic N) is 3. The minimum absolute atomic E-state index is 0.0139. The van der Waals surface area contributed by atoms with Gasteiger partial charge in [0, 0.05) is 13.0 Å². The van der Waals surface area contributed by atoms with Crippen molar-refractivity contribution in [1.82, 2.24) is 25.3 Å². The summed E-state index contributed by atoms with van der Waals surface area (Å²) in [6.07, 6.45) is 1.95.